The predicted molar refractivity (Wildman–Crippen MR) is 169 cm³/mol. The summed E-state index contributed by atoms with van der Waals surface area (Å²) >= 11 is 0. The van der Waals surface area contributed by atoms with Gasteiger partial charge in [-0.15, -0.1) is 0 Å². The second kappa shape index (κ2) is 9.39. The molecule has 40 heavy (non-hydrogen) atoms. The molecule has 0 bridgehead atoms. The molecule has 5 aromatic rings. The van der Waals surface area contributed by atoms with Crippen LogP contribution in [0, 0.1) is 6.92 Å². The summed E-state index contributed by atoms with van der Waals surface area (Å²) in [6, 6.07) is 46.1. The van der Waals surface area contributed by atoms with Crippen LogP contribution in [0.1, 0.15) is 40.3 Å². The van der Waals surface area contributed by atoms with Gasteiger partial charge in [0.1, 0.15) is 0 Å². The zero-order valence-electron chi connectivity index (χ0n) is 22.9. The molecule has 0 fully saturated rings. The van der Waals surface area contributed by atoms with Gasteiger partial charge in [-0.1, -0.05) is 128 Å². The number of aryl methyl sites for hydroxylation is 1. The van der Waals surface area contributed by atoms with Gasteiger partial charge in [0.25, 0.3) is 0 Å². The third-order valence-electron chi connectivity index (χ3n) is 8.56. The SMILES string of the molecule is C=CC1=C(/C=C(\C)c2ccccc2)c2ccccc2C12c1ccccc1N(c1ccccc1C)c1ccccc12. The van der Waals surface area contributed by atoms with Crippen LogP contribution in [0.5, 0.6) is 0 Å². The number of rotatable bonds is 4. The molecule has 0 unspecified atom stereocenters. The first kappa shape index (κ1) is 24.2. The molecule has 5 aromatic carbocycles. The highest BCUT2D eigenvalue weighted by molar-refractivity contribution is 6.00. The molecule has 0 atom stereocenters. The van der Waals surface area contributed by atoms with Crippen LogP contribution in [0.25, 0.3) is 11.1 Å². The van der Waals surface area contributed by atoms with E-state index in [1.54, 1.807) is 0 Å². The minimum Gasteiger partial charge on any atom is -0.310 e. The van der Waals surface area contributed by atoms with Gasteiger partial charge in [0.15, 0.2) is 0 Å². The summed E-state index contributed by atoms with van der Waals surface area (Å²) in [5.41, 5.74) is 14.4. The van der Waals surface area contributed by atoms with Crippen LogP contribution < -0.4 is 4.90 Å². The molecule has 7 rings (SSSR count). The van der Waals surface area contributed by atoms with Crippen LogP contribution >= 0.6 is 0 Å². The Hall–Kier alpha value is -4.88. The fourth-order valence-corrected chi connectivity index (χ4v) is 6.86. The van der Waals surface area contributed by atoms with Crippen molar-refractivity contribution in [2.75, 3.05) is 4.90 Å². The largest absolute Gasteiger partial charge is 0.310 e. The van der Waals surface area contributed by atoms with E-state index < -0.39 is 5.41 Å². The van der Waals surface area contributed by atoms with Gasteiger partial charge >= 0.3 is 0 Å². The van der Waals surface area contributed by atoms with Crippen molar-refractivity contribution >= 4 is 28.2 Å². The molecular weight excluding hydrogens is 482 g/mol. The highest BCUT2D eigenvalue weighted by atomic mass is 15.2. The normalized spacial score (nSPS) is 15.1. The standard InChI is InChI=1S/C39H31N/c1-4-32-31(26-28(3)29-17-6-5-7-18-29)30-19-9-10-20-33(30)39(32)34-21-11-14-24-37(34)40(36-23-13-8-16-27(36)2)38-25-15-12-22-35(38)39/h4-26H,1H2,2-3H3/b28-26+. The van der Waals surface area contributed by atoms with Gasteiger partial charge in [-0.2, -0.15) is 0 Å². The number of allylic oxidation sites excluding steroid dienone is 5. The van der Waals surface area contributed by atoms with Gasteiger partial charge in [0, 0.05) is 5.69 Å². The molecule has 1 nitrogen and oxygen atoms in total. The van der Waals surface area contributed by atoms with E-state index in [4.69, 9.17) is 0 Å². The quantitative estimate of drug-likeness (QED) is 0.231. The van der Waals surface area contributed by atoms with E-state index in [-0.39, 0.29) is 0 Å². The van der Waals surface area contributed by atoms with E-state index in [2.05, 4.69) is 165 Å². The first-order chi connectivity index (χ1) is 19.7. The Bertz CT molecular complexity index is 1790. The van der Waals surface area contributed by atoms with Gasteiger partial charge in [0.05, 0.1) is 16.8 Å². The molecule has 1 heteroatoms. The average Bonchev–Trinajstić information content (AvgIpc) is 3.28. The van der Waals surface area contributed by atoms with Crippen molar-refractivity contribution in [1.29, 1.82) is 0 Å². The summed E-state index contributed by atoms with van der Waals surface area (Å²) in [5.74, 6) is 0. The summed E-state index contributed by atoms with van der Waals surface area (Å²) < 4.78 is 0. The lowest BCUT2D eigenvalue weighted by molar-refractivity contribution is 0.746. The monoisotopic (exact) mass is 513 g/mol. The Morgan fingerprint density at radius 3 is 1.77 bits per heavy atom. The summed E-state index contributed by atoms with van der Waals surface area (Å²) in [6.45, 7) is 8.84. The maximum absolute atomic E-state index is 4.44. The Balaban J connectivity index is 1.60. The van der Waals surface area contributed by atoms with Crippen LogP contribution in [0.2, 0.25) is 0 Å². The molecule has 0 radical (unpaired) electrons. The fraction of sp³-hybridized carbons (Fsp3) is 0.0769. The number of para-hydroxylation sites is 3. The Labute approximate surface area is 237 Å². The second-order valence-corrected chi connectivity index (χ2v) is 10.7. The predicted octanol–water partition coefficient (Wildman–Crippen LogP) is 10.2. The second-order valence-electron chi connectivity index (χ2n) is 10.7. The number of hydrogen-bond acceptors (Lipinski definition) is 1. The first-order valence-electron chi connectivity index (χ1n) is 13.9. The molecule has 0 saturated heterocycles. The molecular formula is C39H31N. The van der Waals surface area contributed by atoms with Crippen molar-refractivity contribution in [2.24, 2.45) is 0 Å². The lowest BCUT2D eigenvalue weighted by Gasteiger charge is -2.45. The summed E-state index contributed by atoms with van der Waals surface area (Å²) in [6.07, 6.45) is 4.46. The summed E-state index contributed by atoms with van der Waals surface area (Å²) in [7, 11) is 0. The zero-order chi connectivity index (χ0) is 27.3. The highest BCUT2D eigenvalue weighted by Gasteiger charge is 2.51. The van der Waals surface area contributed by atoms with E-state index in [1.165, 1.54) is 67.2 Å². The molecule has 2 aliphatic rings. The van der Waals surface area contributed by atoms with Crippen molar-refractivity contribution < 1.29 is 0 Å². The first-order valence-corrected chi connectivity index (χ1v) is 13.9. The highest BCUT2D eigenvalue weighted by Crippen LogP contribution is 2.63. The average molecular weight is 514 g/mol. The summed E-state index contributed by atoms with van der Waals surface area (Å²) in [4.78, 5) is 2.44. The minimum absolute atomic E-state index is 0.479. The molecule has 0 aromatic heterocycles. The number of benzene rings is 5. The Kier molecular flexibility index (Phi) is 5.68. The van der Waals surface area contributed by atoms with Crippen LogP contribution in [-0.4, -0.2) is 0 Å². The van der Waals surface area contributed by atoms with Gasteiger partial charge < -0.3 is 4.90 Å². The number of anilines is 3. The molecule has 0 amide bonds. The molecule has 1 spiro atoms. The Morgan fingerprint density at radius 2 is 1.15 bits per heavy atom. The molecule has 1 aliphatic carbocycles. The maximum atomic E-state index is 4.44. The van der Waals surface area contributed by atoms with Crippen molar-refractivity contribution in [1.82, 2.24) is 0 Å². The number of hydrogen-bond donors (Lipinski definition) is 0. The van der Waals surface area contributed by atoms with Gasteiger partial charge in [0.2, 0.25) is 0 Å². The third-order valence-corrected chi connectivity index (χ3v) is 8.56. The molecule has 0 N–H and O–H groups in total. The fourth-order valence-electron chi connectivity index (χ4n) is 6.86. The van der Waals surface area contributed by atoms with E-state index in [0.29, 0.717) is 0 Å². The molecule has 1 aliphatic heterocycles. The smallest absolute Gasteiger partial charge is 0.0754 e. The van der Waals surface area contributed by atoms with Gasteiger partial charge in [-0.05, 0) is 82.1 Å². The molecule has 192 valence electrons. The lowest BCUT2D eigenvalue weighted by atomic mass is 9.64. The topological polar surface area (TPSA) is 3.24 Å². The van der Waals surface area contributed by atoms with Crippen LogP contribution in [-0.2, 0) is 5.41 Å². The third kappa shape index (κ3) is 3.34. The van der Waals surface area contributed by atoms with Crippen LogP contribution in [0.4, 0.5) is 17.1 Å². The van der Waals surface area contributed by atoms with Gasteiger partial charge in [-0.3, -0.25) is 0 Å². The van der Waals surface area contributed by atoms with E-state index in [9.17, 15) is 0 Å². The number of nitrogens with zero attached hydrogens (tertiary/aromatic N) is 1. The van der Waals surface area contributed by atoms with E-state index >= 15 is 0 Å². The van der Waals surface area contributed by atoms with Crippen LogP contribution in [0.3, 0.4) is 0 Å². The van der Waals surface area contributed by atoms with E-state index in [1.807, 2.05) is 0 Å². The Morgan fingerprint density at radius 1 is 0.625 bits per heavy atom. The lowest BCUT2D eigenvalue weighted by Crippen LogP contribution is -2.36. The van der Waals surface area contributed by atoms with Crippen LogP contribution in [0.15, 0.2) is 152 Å². The zero-order valence-corrected chi connectivity index (χ0v) is 22.9. The van der Waals surface area contributed by atoms with Crippen molar-refractivity contribution in [3.8, 4) is 0 Å². The molecule has 1 heterocycles. The van der Waals surface area contributed by atoms with Crippen molar-refractivity contribution in [3.63, 3.8) is 0 Å². The van der Waals surface area contributed by atoms with Crippen molar-refractivity contribution in [3.05, 3.63) is 185 Å². The van der Waals surface area contributed by atoms with E-state index in [0.717, 1.165) is 0 Å². The van der Waals surface area contributed by atoms with Gasteiger partial charge in [-0.25, -0.2) is 0 Å². The summed E-state index contributed by atoms with van der Waals surface area (Å²) in [5, 5.41) is 0. The van der Waals surface area contributed by atoms with Crippen molar-refractivity contribution in [2.45, 2.75) is 19.3 Å². The maximum Gasteiger partial charge on any atom is 0.0754 e. The minimum atomic E-state index is -0.479. The molecule has 0 saturated carbocycles. The number of fused-ring (bicyclic) bond motifs is 6.